The van der Waals surface area contributed by atoms with Crippen LogP contribution >= 0.6 is 15.9 Å². The normalized spacial score (nSPS) is 82.0. The molecule has 0 aromatic heterocycles. The van der Waals surface area contributed by atoms with E-state index in [2.05, 4.69) is 15.9 Å². The molecule has 2 bridgehead atoms. The predicted molar refractivity (Wildman–Crippen MR) is 54.2 cm³/mol. The van der Waals surface area contributed by atoms with Gasteiger partial charge in [0.2, 0.25) is 0 Å². The molecule has 6 aliphatic carbocycles. The molecule has 15 heavy (non-hydrogen) atoms. The Hall–Kier alpha value is 0.360. The van der Waals surface area contributed by atoms with Crippen molar-refractivity contribution in [2.24, 2.45) is 41.2 Å². The highest BCUT2D eigenvalue weighted by Gasteiger charge is 3.08. The lowest BCUT2D eigenvalue weighted by Crippen LogP contribution is -2.99. The van der Waals surface area contributed by atoms with E-state index in [1.165, 1.54) is 0 Å². The number of hydrogen-bond acceptors (Lipinski definition) is 3. The molecule has 4 atom stereocenters. The molecule has 80 valence electrons. The molecule has 0 unspecified atom stereocenters. The second-order valence-corrected chi connectivity index (χ2v) is 7.60. The van der Waals surface area contributed by atoms with E-state index >= 15 is 0 Å². The maximum absolute atomic E-state index is 6.46. The molecular formula is C11H12BrNO2. The van der Waals surface area contributed by atoms with Gasteiger partial charge in [-0.15, -0.1) is 0 Å². The lowest BCUT2D eigenvalue weighted by atomic mass is 9.16. The van der Waals surface area contributed by atoms with Gasteiger partial charge in [0, 0.05) is 11.5 Å². The van der Waals surface area contributed by atoms with Crippen LogP contribution in [0.5, 0.6) is 0 Å². The van der Waals surface area contributed by atoms with Crippen molar-refractivity contribution in [2.45, 2.75) is 15.7 Å². The van der Waals surface area contributed by atoms with Crippen molar-refractivity contribution >= 4 is 15.9 Å². The Morgan fingerprint density at radius 1 is 0.933 bits per heavy atom. The number of alkyl halides is 1. The average Bonchev–Trinajstić information content (AvgIpc) is 2.78. The van der Waals surface area contributed by atoms with Crippen LogP contribution in [0.15, 0.2) is 0 Å². The monoisotopic (exact) mass is 269 g/mol. The maximum Gasteiger partial charge on any atom is 0.187 e. The molecule has 1 aliphatic heterocycles. The molecule has 1 saturated heterocycles. The van der Waals surface area contributed by atoms with Crippen LogP contribution in [0, 0.1) is 35.5 Å². The van der Waals surface area contributed by atoms with Gasteiger partial charge in [-0.1, -0.05) is 15.9 Å². The van der Waals surface area contributed by atoms with Crippen LogP contribution in [0.2, 0.25) is 0 Å². The van der Waals surface area contributed by atoms with E-state index in [-0.39, 0.29) is 15.7 Å². The minimum atomic E-state index is -0.270. The SMILES string of the molecule is NC12C3[C@@H]4[C@H]1C1[C@@H]2[C@@H]3C4(Br)C12OCCO2. The second-order valence-electron chi connectivity index (χ2n) is 6.29. The van der Waals surface area contributed by atoms with Crippen LogP contribution in [0.3, 0.4) is 0 Å². The summed E-state index contributed by atoms with van der Waals surface area (Å²) in [6, 6.07) is 0. The van der Waals surface area contributed by atoms with Crippen LogP contribution in [0.1, 0.15) is 0 Å². The summed E-state index contributed by atoms with van der Waals surface area (Å²) in [5, 5.41) is 0. The number of ether oxygens (including phenoxy) is 2. The van der Waals surface area contributed by atoms with Gasteiger partial charge in [-0.05, 0) is 29.6 Å². The molecule has 2 N–H and O–H groups in total. The molecule has 4 heteroatoms. The van der Waals surface area contributed by atoms with Gasteiger partial charge in [0.25, 0.3) is 0 Å². The summed E-state index contributed by atoms with van der Waals surface area (Å²) < 4.78 is 12.2. The molecule has 7 rings (SSSR count). The lowest BCUT2D eigenvalue weighted by Gasteiger charge is -2.90. The fourth-order valence-corrected chi connectivity index (χ4v) is 8.33. The third-order valence-electron chi connectivity index (χ3n) is 6.71. The first-order valence-corrected chi connectivity index (χ1v) is 6.74. The van der Waals surface area contributed by atoms with E-state index in [9.17, 15) is 0 Å². The Kier molecular flexibility index (Phi) is 0.802. The Morgan fingerprint density at radius 2 is 1.47 bits per heavy atom. The van der Waals surface area contributed by atoms with Gasteiger partial charge in [0.05, 0.1) is 17.5 Å². The van der Waals surface area contributed by atoms with Gasteiger partial charge in [-0.25, -0.2) is 0 Å². The maximum atomic E-state index is 6.46. The molecular weight excluding hydrogens is 258 g/mol. The van der Waals surface area contributed by atoms with E-state index in [1.54, 1.807) is 0 Å². The predicted octanol–water partition coefficient (Wildman–Crippen LogP) is 0.326. The fraction of sp³-hybridized carbons (Fsp3) is 1.00. The van der Waals surface area contributed by atoms with Crippen molar-refractivity contribution in [2.75, 3.05) is 13.2 Å². The minimum absolute atomic E-state index is 0.155. The smallest absolute Gasteiger partial charge is 0.187 e. The topological polar surface area (TPSA) is 44.5 Å². The number of nitrogens with two attached hydrogens (primary N) is 1. The van der Waals surface area contributed by atoms with Crippen molar-refractivity contribution in [3.63, 3.8) is 0 Å². The highest BCUT2D eigenvalue weighted by molar-refractivity contribution is 9.10. The Balaban J connectivity index is 1.65. The largest absolute Gasteiger partial charge is 0.346 e. The molecule has 7 fully saturated rings. The zero-order valence-corrected chi connectivity index (χ0v) is 9.74. The Bertz CT molecular complexity index is 412. The lowest BCUT2D eigenvalue weighted by molar-refractivity contribution is -0.381. The molecule has 0 aromatic rings. The molecule has 1 heterocycles. The van der Waals surface area contributed by atoms with Crippen molar-refractivity contribution in [3.05, 3.63) is 0 Å². The first-order chi connectivity index (χ1) is 7.19. The third-order valence-corrected chi connectivity index (χ3v) is 8.32. The minimum Gasteiger partial charge on any atom is -0.346 e. The van der Waals surface area contributed by atoms with E-state index in [0.717, 1.165) is 31.0 Å². The van der Waals surface area contributed by atoms with Crippen LogP contribution in [-0.2, 0) is 9.47 Å². The van der Waals surface area contributed by atoms with Gasteiger partial charge < -0.3 is 15.2 Å². The van der Waals surface area contributed by atoms with Crippen LogP contribution in [-0.4, -0.2) is 28.9 Å². The summed E-state index contributed by atoms with van der Waals surface area (Å²) in [5.74, 6) is 4.08. The molecule has 1 spiro atoms. The molecule has 7 aliphatic rings. The Labute approximate surface area is 95.8 Å². The van der Waals surface area contributed by atoms with Crippen molar-refractivity contribution < 1.29 is 9.47 Å². The summed E-state index contributed by atoms with van der Waals surface area (Å²) >= 11 is 3.99. The molecule has 0 amide bonds. The zero-order valence-electron chi connectivity index (χ0n) is 8.15. The van der Waals surface area contributed by atoms with E-state index in [4.69, 9.17) is 15.2 Å². The number of hydrogen-bond donors (Lipinski definition) is 1. The van der Waals surface area contributed by atoms with Gasteiger partial charge in [-0.3, -0.25) is 0 Å². The summed E-state index contributed by atoms with van der Waals surface area (Å²) in [4.78, 5) is 0. The quantitative estimate of drug-likeness (QED) is 0.645. The van der Waals surface area contributed by atoms with Crippen molar-refractivity contribution in [1.29, 1.82) is 0 Å². The van der Waals surface area contributed by atoms with Gasteiger partial charge in [-0.2, -0.15) is 0 Å². The molecule has 3 nitrogen and oxygen atoms in total. The van der Waals surface area contributed by atoms with Gasteiger partial charge in [0.15, 0.2) is 5.79 Å². The first kappa shape index (κ1) is 7.64. The summed E-state index contributed by atoms with van der Waals surface area (Å²) in [5.41, 5.74) is 6.68. The van der Waals surface area contributed by atoms with E-state index < -0.39 is 0 Å². The summed E-state index contributed by atoms with van der Waals surface area (Å²) in [6.07, 6.45) is 0. The fourth-order valence-electron chi connectivity index (χ4n) is 6.70. The van der Waals surface area contributed by atoms with Gasteiger partial charge >= 0.3 is 0 Å². The van der Waals surface area contributed by atoms with E-state index in [1.807, 2.05) is 0 Å². The average molecular weight is 270 g/mol. The summed E-state index contributed by atoms with van der Waals surface area (Å²) in [6.45, 7) is 1.54. The number of rotatable bonds is 0. The van der Waals surface area contributed by atoms with Crippen molar-refractivity contribution in [1.82, 2.24) is 0 Å². The molecule has 6 saturated carbocycles. The van der Waals surface area contributed by atoms with Crippen LogP contribution in [0.4, 0.5) is 0 Å². The van der Waals surface area contributed by atoms with Crippen LogP contribution in [0.25, 0.3) is 0 Å². The van der Waals surface area contributed by atoms with E-state index in [0.29, 0.717) is 17.8 Å². The zero-order chi connectivity index (χ0) is 9.79. The van der Waals surface area contributed by atoms with Gasteiger partial charge in [0.1, 0.15) is 0 Å². The highest BCUT2D eigenvalue weighted by atomic mass is 79.9. The highest BCUT2D eigenvalue weighted by Crippen LogP contribution is 3.00. The Morgan fingerprint density at radius 3 is 2.00 bits per heavy atom. The number of halogens is 1. The van der Waals surface area contributed by atoms with Crippen molar-refractivity contribution in [3.8, 4) is 0 Å². The molecule has 0 aromatic carbocycles. The third kappa shape index (κ3) is 0.357. The second kappa shape index (κ2) is 1.57. The first-order valence-electron chi connectivity index (χ1n) is 5.95. The standard InChI is InChI=1S/C11H12BrNO2/c12-10-6-3-7(10)5-8(4(6)9(3,5)13)11(10)14-1-2-15-11/h3-8H,1-2,13H2/t3?,4-,5-,6+,7+,8?,9?,10?/m0/s1. The van der Waals surface area contributed by atoms with Crippen LogP contribution < -0.4 is 5.73 Å². The summed E-state index contributed by atoms with van der Waals surface area (Å²) in [7, 11) is 0. The molecule has 0 radical (unpaired) electrons.